The van der Waals surface area contributed by atoms with Crippen LogP contribution in [0.25, 0.3) is 0 Å². The Hall–Kier alpha value is -2.04. The number of methoxy groups -OCH3 is 1. The van der Waals surface area contributed by atoms with Crippen LogP contribution in [0.4, 0.5) is 0 Å². The summed E-state index contributed by atoms with van der Waals surface area (Å²) < 4.78 is 34.6. The summed E-state index contributed by atoms with van der Waals surface area (Å²) in [7, 11) is -2.60. The molecule has 1 aromatic rings. The summed E-state index contributed by atoms with van der Waals surface area (Å²) in [6, 6.07) is 7.85. The van der Waals surface area contributed by atoms with Gasteiger partial charge in [-0.3, -0.25) is 4.79 Å². The molecule has 0 amide bonds. The molecule has 0 saturated heterocycles. The molecule has 0 aliphatic heterocycles. The molecule has 1 rings (SSSR count). The molecule has 0 fully saturated rings. The van der Waals surface area contributed by atoms with E-state index in [1.807, 2.05) is 0 Å². The largest absolute Gasteiger partial charge is 0.493 e. The Morgan fingerprint density at radius 2 is 2.05 bits per heavy atom. The van der Waals surface area contributed by atoms with Crippen LogP contribution < -0.4 is 0 Å². The zero-order chi connectivity index (χ0) is 15.7. The smallest absolute Gasteiger partial charge is 0.324 e. The van der Waals surface area contributed by atoms with E-state index in [9.17, 15) is 13.2 Å². The van der Waals surface area contributed by atoms with E-state index >= 15 is 0 Å². The highest BCUT2D eigenvalue weighted by molar-refractivity contribution is 7.92. The molecule has 1 unspecified atom stereocenters. The first-order valence-electron chi connectivity index (χ1n) is 6.36. The molecular weight excluding hydrogens is 292 g/mol. The first kappa shape index (κ1) is 17.0. The van der Waals surface area contributed by atoms with Gasteiger partial charge in [-0.2, -0.15) is 0 Å². The summed E-state index contributed by atoms with van der Waals surface area (Å²) in [5.74, 6) is -0.766. The van der Waals surface area contributed by atoms with E-state index in [-0.39, 0.29) is 17.9 Å². The molecule has 0 saturated carbocycles. The minimum absolute atomic E-state index is 0.104. The summed E-state index contributed by atoms with van der Waals surface area (Å²) in [5.41, 5.74) is 2.44. The summed E-state index contributed by atoms with van der Waals surface area (Å²) in [6.45, 7) is 3.62. The highest BCUT2D eigenvalue weighted by Gasteiger charge is 2.34. The zero-order valence-electron chi connectivity index (χ0n) is 11.8. The van der Waals surface area contributed by atoms with Crippen molar-refractivity contribution in [2.24, 2.45) is 0 Å². The maximum atomic E-state index is 12.5. The van der Waals surface area contributed by atoms with Gasteiger partial charge in [0, 0.05) is 0 Å². The maximum absolute atomic E-state index is 12.5. The fraction of sp³-hybridized carbons (Fsp3) is 0.333. The van der Waals surface area contributed by atoms with Crippen LogP contribution in [0.15, 0.2) is 53.8 Å². The third-order valence-electron chi connectivity index (χ3n) is 2.81. The van der Waals surface area contributed by atoms with Gasteiger partial charge in [0.1, 0.15) is 6.26 Å². The summed E-state index contributed by atoms with van der Waals surface area (Å²) >= 11 is 0. The SMILES string of the molecule is C=C=COCCCC(C(=O)OC)S(=O)(=O)c1ccccc1. The van der Waals surface area contributed by atoms with Crippen LogP contribution in [0, 0.1) is 0 Å². The number of sulfone groups is 1. The lowest BCUT2D eigenvalue weighted by Crippen LogP contribution is -2.31. The molecule has 5 nitrogen and oxygen atoms in total. The Bertz CT molecular complexity index is 600. The molecular formula is C15H18O5S. The number of ether oxygens (including phenoxy) is 2. The normalized spacial score (nSPS) is 12.0. The van der Waals surface area contributed by atoms with Crippen molar-refractivity contribution in [3.8, 4) is 0 Å². The molecule has 1 atom stereocenters. The topological polar surface area (TPSA) is 69.7 Å². The molecule has 0 aromatic heterocycles. The highest BCUT2D eigenvalue weighted by Crippen LogP contribution is 2.20. The number of hydrogen-bond donors (Lipinski definition) is 0. The Labute approximate surface area is 124 Å². The fourth-order valence-electron chi connectivity index (χ4n) is 1.78. The Kier molecular flexibility index (Phi) is 6.72. The minimum atomic E-state index is -3.77. The molecule has 0 radical (unpaired) electrons. The quantitative estimate of drug-likeness (QED) is 0.318. The second kappa shape index (κ2) is 8.29. The predicted molar refractivity (Wildman–Crippen MR) is 78.3 cm³/mol. The van der Waals surface area contributed by atoms with E-state index in [1.165, 1.54) is 25.5 Å². The van der Waals surface area contributed by atoms with E-state index in [0.717, 1.165) is 0 Å². The minimum Gasteiger partial charge on any atom is -0.493 e. The van der Waals surface area contributed by atoms with Crippen molar-refractivity contribution in [2.45, 2.75) is 23.0 Å². The van der Waals surface area contributed by atoms with Gasteiger partial charge >= 0.3 is 5.97 Å². The van der Waals surface area contributed by atoms with E-state index in [4.69, 9.17) is 4.74 Å². The molecule has 6 heteroatoms. The Morgan fingerprint density at radius 1 is 1.38 bits per heavy atom. The second-order valence-corrected chi connectivity index (χ2v) is 6.34. The van der Waals surface area contributed by atoms with Gasteiger partial charge in [-0.15, -0.1) is 0 Å². The van der Waals surface area contributed by atoms with Gasteiger partial charge in [0.2, 0.25) is 0 Å². The molecule has 1 aromatic carbocycles. The van der Waals surface area contributed by atoms with Crippen molar-refractivity contribution >= 4 is 15.8 Å². The van der Waals surface area contributed by atoms with Crippen molar-refractivity contribution < 1.29 is 22.7 Å². The van der Waals surface area contributed by atoms with Crippen molar-refractivity contribution in [3.63, 3.8) is 0 Å². The van der Waals surface area contributed by atoms with Crippen LogP contribution in [0.5, 0.6) is 0 Å². The monoisotopic (exact) mass is 310 g/mol. The third-order valence-corrected chi connectivity index (χ3v) is 4.91. The molecule has 0 aliphatic carbocycles. The van der Waals surface area contributed by atoms with Crippen LogP contribution in [0.3, 0.4) is 0 Å². The lowest BCUT2D eigenvalue weighted by Gasteiger charge is -2.15. The second-order valence-electron chi connectivity index (χ2n) is 4.20. The molecule has 21 heavy (non-hydrogen) atoms. The number of rotatable bonds is 8. The molecule has 114 valence electrons. The third kappa shape index (κ3) is 4.77. The van der Waals surface area contributed by atoms with Crippen molar-refractivity contribution in [1.82, 2.24) is 0 Å². The molecule has 0 bridgehead atoms. The van der Waals surface area contributed by atoms with Gasteiger partial charge in [-0.25, -0.2) is 8.42 Å². The lowest BCUT2D eigenvalue weighted by atomic mass is 10.2. The molecule has 0 N–H and O–H groups in total. The van der Waals surface area contributed by atoms with Gasteiger partial charge in [-0.1, -0.05) is 30.5 Å². The first-order valence-corrected chi connectivity index (χ1v) is 7.91. The Morgan fingerprint density at radius 3 is 2.62 bits per heavy atom. The number of esters is 1. The van der Waals surface area contributed by atoms with Crippen molar-refractivity contribution in [1.29, 1.82) is 0 Å². The standard InChI is InChI=1S/C15H18O5S/c1-3-11-20-12-7-10-14(15(16)19-2)21(17,18)13-8-5-4-6-9-13/h4-6,8-9,11,14H,1,7,10,12H2,2H3. The van der Waals surface area contributed by atoms with E-state index in [2.05, 4.69) is 17.0 Å². The van der Waals surface area contributed by atoms with Crippen LogP contribution in [0.1, 0.15) is 12.8 Å². The van der Waals surface area contributed by atoms with E-state index < -0.39 is 21.1 Å². The summed E-state index contributed by atoms with van der Waals surface area (Å²) in [5, 5.41) is -1.23. The highest BCUT2D eigenvalue weighted by atomic mass is 32.2. The van der Waals surface area contributed by atoms with Crippen LogP contribution >= 0.6 is 0 Å². The van der Waals surface area contributed by atoms with Gasteiger partial charge in [0.05, 0.1) is 18.6 Å². The molecule has 0 spiro atoms. The summed E-state index contributed by atoms with van der Waals surface area (Å²) in [4.78, 5) is 11.9. The van der Waals surface area contributed by atoms with Crippen LogP contribution in [0.2, 0.25) is 0 Å². The van der Waals surface area contributed by atoms with Crippen LogP contribution in [-0.2, 0) is 24.1 Å². The lowest BCUT2D eigenvalue weighted by molar-refractivity contribution is -0.140. The van der Waals surface area contributed by atoms with Gasteiger partial charge in [0.25, 0.3) is 0 Å². The zero-order valence-corrected chi connectivity index (χ0v) is 12.6. The van der Waals surface area contributed by atoms with Crippen molar-refractivity contribution in [3.05, 3.63) is 48.9 Å². The van der Waals surface area contributed by atoms with E-state index in [0.29, 0.717) is 6.42 Å². The number of carbonyl (C=O) groups is 1. The molecule has 0 heterocycles. The Balaban J connectivity index is 2.87. The predicted octanol–water partition coefficient (Wildman–Crippen LogP) is 2.10. The maximum Gasteiger partial charge on any atom is 0.324 e. The molecule has 0 aliphatic rings. The summed E-state index contributed by atoms with van der Waals surface area (Å²) in [6.07, 6.45) is 1.80. The number of hydrogen-bond acceptors (Lipinski definition) is 5. The van der Waals surface area contributed by atoms with E-state index in [1.54, 1.807) is 18.2 Å². The number of benzene rings is 1. The van der Waals surface area contributed by atoms with Gasteiger partial charge in [0.15, 0.2) is 15.1 Å². The van der Waals surface area contributed by atoms with Crippen LogP contribution in [-0.4, -0.2) is 33.4 Å². The van der Waals surface area contributed by atoms with Gasteiger partial charge in [-0.05, 0) is 25.0 Å². The average Bonchev–Trinajstić information content (AvgIpc) is 2.50. The van der Waals surface area contributed by atoms with Crippen molar-refractivity contribution in [2.75, 3.05) is 13.7 Å². The van der Waals surface area contributed by atoms with Gasteiger partial charge < -0.3 is 9.47 Å². The fourth-order valence-corrected chi connectivity index (χ4v) is 3.47. The first-order chi connectivity index (χ1) is 10.0. The number of carbonyl (C=O) groups excluding carboxylic acids is 1. The average molecular weight is 310 g/mol.